The van der Waals surface area contributed by atoms with E-state index in [9.17, 15) is 19.1 Å². The lowest BCUT2D eigenvalue weighted by molar-refractivity contribution is -0.151. The molecule has 3 fully saturated rings. The van der Waals surface area contributed by atoms with Crippen molar-refractivity contribution in [3.63, 3.8) is 0 Å². The molecule has 1 aromatic carbocycles. The molecule has 1 aliphatic heterocycles. The van der Waals surface area contributed by atoms with E-state index >= 15 is 0 Å². The van der Waals surface area contributed by atoms with Gasteiger partial charge in [-0.1, -0.05) is 12.1 Å². The molecule has 8 heteroatoms. The summed E-state index contributed by atoms with van der Waals surface area (Å²) < 4.78 is 12.9. The average Bonchev–Trinajstić information content (AvgIpc) is 2.67. The Morgan fingerprint density at radius 2 is 1.72 bits per heavy atom. The van der Waals surface area contributed by atoms with Gasteiger partial charge in [0, 0.05) is 51.2 Å². The van der Waals surface area contributed by atoms with Crippen LogP contribution in [-0.2, 0) is 11.3 Å². The highest BCUT2D eigenvalue weighted by Gasteiger charge is 2.55. The van der Waals surface area contributed by atoms with Gasteiger partial charge in [-0.05, 0) is 62.6 Å². The Morgan fingerprint density at radius 1 is 1.09 bits per heavy atom. The Morgan fingerprint density at radius 3 is 2.31 bits per heavy atom. The minimum Gasteiger partial charge on any atom is -0.389 e. The highest BCUT2D eigenvalue weighted by Crippen LogP contribution is 2.59. The number of halogens is 1. The second-order valence-electron chi connectivity index (χ2n) is 10.6. The van der Waals surface area contributed by atoms with Crippen LogP contribution >= 0.6 is 0 Å². The number of nitrogens with one attached hydrogen (secondary N) is 2. The molecule has 2 saturated carbocycles. The number of piperazine rings is 1. The van der Waals surface area contributed by atoms with Crippen LogP contribution in [-0.4, -0.2) is 71.2 Å². The lowest BCUT2D eigenvalue weighted by atomic mass is 9.50. The maximum Gasteiger partial charge on any atom is 0.315 e. The van der Waals surface area contributed by atoms with Gasteiger partial charge in [-0.3, -0.25) is 9.69 Å². The normalized spacial score (nSPS) is 28.1. The number of urea groups is 1. The predicted octanol–water partition coefficient (Wildman–Crippen LogP) is 2.10. The van der Waals surface area contributed by atoms with Crippen LogP contribution in [0.5, 0.6) is 0 Å². The molecule has 1 saturated heterocycles. The number of aliphatic hydroxyl groups is 1. The Kier molecular flexibility index (Phi) is 6.45. The second kappa shape index (κ2) is 8.98. The van der Waals surface area contributed by atoms with Gasteiger partial charge in [0.1, 0.15) is 5.82 Å². The van der Waals surface area contributed by atoms with Crippen molar-refractivity contribution < 1.29 is 19.1 Å². The molecule has 1 heterocycles. The van der Waals surface area contributed by atoms with Gasteiger partial charge in [0.15, 0.2) is 0 Å². The molecule has 0 aromatic heterocycles. The molecule has 1 spiro atoms. The Labute approximate surface area is 189 Å². The number of carbonyl (C=O) groups excluding carboxylic acids is 2. The van der Waals surface area contributed by atoms with E-state index in [1.165, 1.54) is 12.1 Å². The van der Waals surface area contributed by atoms with Crippen LogP contribution in [0.2, 0.25) is 0 Å². The van der Waals surface area contributed by atoms with Crippen molar-refractivity contribution >= 4 is 11.9 Å². The molecule has 7 nitrogen and oxygen atoms in total. The van der Waals surface area contributed by atoms with E-state index < -0.39 is 5.60 Å². The zero-order valence-electron chi connectivity index (χ0n) is 19.1. The number of hydrogen-bond acceptors (Lipinski definition) is 4. The highest BCUT2D eigenvalue weighted by molar-refractivity contribution is 5.80. The van der Waals surface area contributed by atoms with Crippen LogP contribution in [0.1, 0.15) is 45.1 Å². The summed E-state index contributed by atoms with van der Waals surface area (Å²) in [5.41, 5.74) is 0.366. The van der Waals surface area contributed by atoms with E-state index in [1.54, 1.807) is 12.1 Å². The third-order valence-electron chi connectivity index (χ3n) is 7.06. The minimum absolute atomic E-state index is 0.115. The Balaban J connectivity index is 1.12. The third-order valence-corrected chi connectivity index (χ3v) is 7.06. The molecule has 3 N–H and O–H groups in total. The summed E-state index contributed by atoms with van der Waals surface area (Å²) in [4.78, 5) is 29.2. The van der Waals surface area contributed by atoms with E-state index in [0.717, 1.165) is 57.4 Å². The van der Waals surface area contributed by atoms with Gasteiger partial charge in [-0.2, -0.15) is 0 Å². The molecule has 3 aliphatic rings. The first kappa shape index (κ1) is 23.0. The van der Waals surface area contributed by atoms with Gasteiger partial charge >= 0.3 is 6.03 Å². The van der Waals surface area contributed by atoms with Crippen molar-refractivity contribution in [2.75, 3.05) is 32.7 Å². The van der Waals surface area contributed by atoms with Gasteiger partial charge < -0.3 is 20.6 Å². The second-order valence-corrected chi connectivity index (χ2v) is 10.6. The first-order valence-electron chi connectivity index (χ1n) is 11.6. The number of rotatable bonds is 6. The van der Waals surface area contributed by atoms with E-state index in [-0.39, 0.29) is 35.1 Å². The predicted molar refractivity (Wildman–Crippen MR) is 119 cm³/mol. The molecular weight excluding hydrogens is 411 g/mol. The van der Waals surface area contributed by atoms with E-state index in [1.807, 2.05) is 18.7 Å². The first-order chi connectivity index (χ1) is 15.1. The number of benzene rings is 1. The number of amides is 3. The standard InChI is InChI=1S/C24H35FN4O3/c1-23(2,32)16-28-7-9-29(10-8-28)21(30)18-11-24(12-18)13-20(14-24)27-22(31)26-15-17-3-5-19(25)6-4-17/h3-6,18,20,32H,7-16H2,1-2H3,(H2,26,27,31). The van der Waals surface area contributed by atoms with Gasteiger partial charge in [0.25, 0.3) is 0 Å². The number of hydrogen-bond donors (Lipinski definition) is 3. The van der Waals surface area contributed by atoms with E-state index in [2.05, 4.69) is 15.5 Å². The molecule has 2 aliphatic carbocycles. The van der Waals surface area contributed by atoms with Gasteiger partial charge in [0.2, 0.25) is 5.91 Å². The van der Waals surface area contributed by atoms with Crippen molar-refractivity contribution in [2.24, 2.45) is 11.3 Å². The molecule has 4 rings (SSSR count). The van der Waals surface area contributed by atoms with Crippen molar-refractivity contribution in [3.8, 4) is 0 Å². The lowest BCUT2D eigenvalue weighted by Gasteiger charge is -2.58. The van der Waals surface area contributed by atoms with Crippen molar-refractivity contribution in [2.45, 2.75) is 57.7 Å². The Hall–Kier alpha value is -2.19. The molecule has 176 valence electrons. The average molecular weight is 447 g/mol. The van der Waals surface area contributed by atoms with E-state index in [4.69, 9.17) is 0 Å². The maximum absolute atomic E-state index is 12.9. The van der Waals surface area contributed by atoms with Crippen LogP contribution in [0.15, 0.2) is 24.3 Å². The summed E-state index contributed by atoms with van der Waals surface area (Å²) in [5, 5.41) is 15.8. The van der Waals surface area contributed by atoms with Crippen molar-refractivity contribution in [1.82, 2.24) is 20.4 Å². The summed E-state index contributed by atoms with van der Waals surface area (Å²) in [6.45, 7) is 7.71. The number of nitrogens with zero attached hydrogens (tertiary/aromatic N) is 2. The molecule has 1 aromatic rings. The fourth-order valence-electron chi connectivity index (χ4n) is 5.53. The summed E-state index contributed by atoms with van der Waals surface area (Å²) >= 11 is 0. The van der Waals surface area contributed by atoms with Gasteiger partial charge in [-0.25, -0.2) is 9.18 Å². The van der Waals surface area contributed by atoms with Gasteiger partial charge in [-0.15, -0.1) is 0 Å². The number of β-amino-alcohol motifs (C(OH)–C–C–N with tert-alkyl or cyclic N) is 1. The largest absolute Gasteiger partial charge is 0.389 e. The summed E-state index contributed by atoms with van der Waals surface area (Å²) in [6, 6.07) is 6.04. The van der Waals surface area contributed by atoms with Crippen LogP contribution in [0, 0.1) is 17.2 Å². The molecule has 0 atom stereocenters. The zero-order valence-corrected chi connectivity index (χ0v) is 19.1. The molecule has 0 bridgehead atoms. The summed E-state index contributed by atoms with van der Waals surface area (Å²) in [7, 11) is 0. The van der Waals surface area contributed by atoms with Crippen LogP contribution < -0.4 is 10.6 Å². The summed E-state index contributed by atoms with van der Waals surface area (Å²) in [5.74, 6) is 0.0966. The first-order valence-corrected chi connectivity index (χ1v) is 11.6. The fraction of sp³-hybridized carbons (Fsp3) is 0.667. The van der Waals surface area contributed by atoms with Crippen LogP contribution in [0.3, 0.4) is 0 Å². The van der Waals surface area contributed by atoms with E-state index in [0.29, 0.717) is 13.1 Å². The third kappa shape index (κ3) is 5.59. The molecular formula is C24H35FN4O3. The highest BCUT2D eigenvalue weighted by atomic mass is 19.1. The zero-order chi connectivity index (χ0) is 22.9. The molecule has 32 heavy (non-hydrogen) atoms. The minimum atomic E-state index is -0.709. The maximum atomic E-state index is 12.9. The SMILES string of the molecule is CC(C)(O)CN1CCN(C(=O)C2CC3(CC(NC(=O)NCc4ccc(F)cc4)C3)C2)CC1. The van der Waals surface area contributed by atoms with Crippen LogP contribution in [0.25, 0.3) is 0 Å². The van der Waals surface area contributed by atoms with Gasteiger partial charge in [0.05, 0.1) is 5.60 Å². The van der Waals surface area contributed by atoms with Crippen LogP contribution in [0.4, 0.5) is 9.18 Å². The molecule has 0 radical (unpaired) electrons. The molecule has 3 amide bonds. The smallest absolute Gasteiger partial charge is 0.315 e. The molecule has 0 unspecified atom stereocenters. The number of carbonyl (C=O) groups is 2. The van der Waals surface area contributed by atoms with Crippen molar-refractivity contribution in [3.05, 3.63) is 35.6 Å². The monoisotopic (exact) mass is 446 g/mol. The fourth-order valence-corrected chi connectivity index (χ4v) is 5.53. The quantitative estimate of drug-likeness (QED) is 0.625. The van der Waals surface area contributed by atoms with Crippen molar-refractivity contribution in [1.29, 1.82) is 0 Å². The summed E-state index contributed by atoms with van der Waals surface area (Å²) in [6.07, 6.45) is 3.70. The topological polar surface area (TPSA) is 84.9 Å². The lowest BCUT2D eigenvalue weighted by Crippen LogP contribution is -2.60. The Bertz CT molecular complexity index is 817.